The number of aromatic nitrogens is 2. The molecule has 1 atom stereocenters. The summed E-state index contributed by atoms with van der Waals surface area (Å²) in [4.78, 5) is 11.7. The molecule has 0 fully saturated rings. The van der Waals surface area contributed by atoms with Gasteiger partial charge >= 0.3 is 0 Å². The second-order valence-corrected chi connectivity index (χ2v) is 5.66. The Hall–Kier alpha value is -2.76. The van der Waals surface area contributed by atoms with Crippen molar-refractivity contribution in [3.63, 3.8) is 0 Å². The maximum Gasteiger partial charge on any atom is 0.248 e. The Bertz CT molecular complexity index is 732. The number of benzene rings is 1. The number of hydrogen-bond donors (Lipinski definition) is 1. The van der Waals surface area contributed by atoms with Crippen molar-refractivity contribution >= 4 is 11.6 Å². The first-order valence-corrected chi connectivity index (χ1v) is 7.47. The lowest BCUT2D eigenvalue weighted by Crippen LogP contribution is -2.33. The second kappa shape index (κ2) is 6.56. The van der Waals surface area contributed by atoms with Gasteiger partial charge in [-0.1, -0.05) is 17.7 Å². The summed E-state index contributed by atoms with van der Waals surface area (Å²) in [6, 6.07) is 7.60. The minimum absolute atomic E-state index is 0.119. The zero-order valence-corrected chi connectivity index (χ0v) is 13.2. The van der Waals surface area contributed by atoms with Gasteiger partial charge in [0.05, 0.1) is 18.4 Å². The van der Waals surface area contributed by atoms with Crippen LogP contribution in [0.5, 0.6) is 11.5 Å². The number of fused-ring (bicyclic) bond motifs is 1. The average molecular weight is 313 g/mol. The molecule has 1 N–H and O–H groups in total. The fourth-order valence-corrected chi connectivity index (χ4v) is 2.33. The van der Waals surface area contributed by atoms with E-state index in [4.69, 9.17) is 9.47 Å². The molecule has 0 spiro atoms. The zero-order chi connectivity index (χ0) is 16.2. The third kappa shape index (κ3) is 3.91. The van der Waals surface area contributed by atoms with Gasteiger partial charge in [-0.2, -0.15) is 5.10 Å². The highest BCUT2D eigenvalue weighted by Crippen LogP contribution is 2.31. The summed E-state index contributed by atoms with van der Waals surface area (Å²) in [5, 5.41) is 7.02. The van der Waals surface area contributed by atoms with Gasteiger partial charge in [-0.3, -0.25) is 9.48 Å². The lowest BCUT2D eigenvalue weighted by molar-refractivity contribution is -0.111. The Morgan fingerprint density at radius 3 is 2.96 bits per heavy atom. The fraction of sp³-hybridized carbons (Fsp3) is 0.294. The number of allylic oxidation sites excluding steroid dienone is 1. The van der Waals surface area contributed by atoms with Crippen LogP contribution >= 0.6 is 0 Å². The van der Waals surface area contributed by atoms with Crippen molar-refractivity contribution in [2.24, 2.45) is 0 Å². The smallest absolute Gasteiger partial charge is 0.248 e. The van der Waals surface area contributed by atoms with Gasteiger partial charge < -0.3 is 14.8 Å². The summed E-state index contributed by atoms with van der Waals surface area (Å²) in [5.41, 5.74) is 1.60. The minimum atomic E-state index is -0.157. The molecule has 1 aromatic heterocycles. The molecule has 0 saturated heterocycles. The number of carbonyl (C=O) groups excluding carboxylic acids is 1. The van der Waals surface area contributed by atoms with E-state index in [0.29, 0.717) is 18.8 Å². The van der Waals surface area contributed by atoms with Crippen molar-refractivity contribution in [2.45, 2.75) is 26.5 Å². The van der Waals surface area contributed by atoms with Crippen LogP contribution in [-0.4, -0.2) is 28.4 Å². The lowest BCUT2D eigenvalue weighted by atomic mass is 10.2. The molecule has 0 bridgehead atoms. The topological polar surface area (TPSA) is 65.4 Å². The molecule has 6 heteroatoms. The third-order valence-electron chi connectivity index (χ3n) is 3.28. The van der Waals surface area contributed by atoms with Crippen molar-refractivity contribution < 1.29 is 14.3 Å². The molecule has 1 amide bonds. The summed E-state index contributed by atoms with van der Waals surface area (Å²) in [5.74, 6) is 1.35. The van der Waals surface area contributed by atoms with E-state index < -0.39 is 0 Å². The average Bonchev–Trinajstić information content (AvgIpc) is 2.93. The predicted octanol–water partition coefficient (Wildman–Crippen LogP) is 2.63. The number of rotatable bonds is 4. The van der Waals surface area contributed by atoms with Crippen molar-refractivity contribution in [3.05, 3.63) is 48.3 Å². The van der Waals surface area contributed by atoms with Crippen LogP contribution in [0.25, 0.3) is 0 Å². The van der Waals surface area contributed by atoms with Gasteiger partial charge in [0, 0.05) is 12.3 Å². The summed E-state index contributed by atoms with van der Waals surface area (Å²) in [6.45, 7) is 4.77. The Balaban J connectivity index is 1.60. The van der Waals surface area contributed by atoms with E-state index in [1.54, 1.807) is 23.2 Å². The molecule has 0 aliphatic carbocycles. The maximum absolute atomic E-state index is 11.7. The van der Waals surface area contributed by atoms with Crippen LogP contribution in [0, 0.1) is 0 Å². The van der Waals surface area contributed by atoms with Crippen LogP contribution < -0.4 is 14.8 Å². The second-order valence-electron chi connectivity index (χ2n) is 5.66. The summed E-state index contributed by atoms with van der Waals surface area (Å²) in [7, 11) is 0. The summed E-state index contributed by atoms with van der Waals surface area (Å²) < 4.78 is 13.3. The van der Waals surface area contributed by atoms with Crippen molar-refractivity contribution in [1.29, 1.82) is 0 Å². The van der Waals surface area contributed by atoms with E-state index in [1.807, 2.05) is 38.1 Å². The van der Waals surface area contributed by atoms with Gasteiger partial charge in [-0.25, -0.2) is 0 Å². The highest BCUT2D eigenvalue weighted by atomic mass is 16.6. The van der Waals surface area contributed by atoms with Gasteiger partial charge in [0.15, 0.2) is 17.6 Å². The van der Waals surface area contributed by atoms with Crippen LogP contribution in [0.3, 0.4) is 0 Å². The summed E-state index contributed by atoms with van der Waals surface area (Å²) in [6.07, 6.45) is 4.83. The van der Waals surface area contributed by atoms with E-state index in [2.05, 4.69) is 10.4 Å². The van der Waals surface area contributed by atoms with Crippen LogP contribution in [0.1, 0.15) is 13.8 Å². The molecule has 6 nitrogen and oxygen atoms in total. The Labute approximate surface area is 134 Å². The Morgan fingerprint density at radius 2 is 2.17 bits per heavy atom. The van der Waals surface area contributed by atoms with Crippen LogP contribution in [0.2, 0.25) is 0 Å². The Kier molecular flexibility index (Phi) is 4.32. The van der Waals surface area contributed by atoms with E-state index >= 15 is 0 Å². The highest BCUT2D eigenvalue weighted by molar-refractivity contribution is 5.99. The molecule has 23 heavy (non-hydrogen) atoms. The molecule has 1 aliphatic heterocycles. The number of hydrogen-bond acceptors (Lipinski definition) is 4. The van der Waals surface area contributed by atoms with Crippen LogP contribution in [0.15, 0.2) is 48.3 Å². The first-order chi connectivity index (χ1) is 11.1. The molecular weight excluding hydrogens is 294 g/mol. The first-order valence-electron chi connectivity index (χ1n) is 7.47. The molecule has 1 aliphatic rings. The summed E-state index contributed by atoms with van der Waals surface area (Å²) >= 11 is 0. The van der Waals surface area contributed by atoms with Gasteiger partial charge in [0.25, 0.3) is 0 Å². The van der Waals surface area contributed by atoms with E-state index in [1.165, 1.54) is 0 Å². The molecule has 2 heterocycles. The lowest BCUT2D eigenvalue weighted by Gasteiger charge is -2.26. The number of ether oxygens (including phenoxy) is 2. The van der Waals surface area contributed by atoms with Gasteiger partial charge in [-0.05, 0) is 26.0 Å². The maximum atomic E-state index is 11.7. The molecule has 3 rings (SSSR count). The minimum Gasteiger partial charge on any atom is -0.486 e. The van der Waals surface area contributed by atoms with E-state index in [9.17, 15) is 4.79 Å². The van der Waals surface area contributed by atoms with E-state index in [0.717, 1.165) is 17.1 Å². The third-order valence-corrected chi connectivity index (χ3v) is 3.28. The SMILES string of the molecule is CC(C)=CC(=O)Nc1cnn(CC2COc3ccccc3O2)c1. The number of anilines is 1. The Morgan fingerprint density at radius 1 is 1.39 bits per heavy atom. The first kappa shape index (κ1) is 15.1. The molecule has 2 aromatic rings. The quantitative estimate of drug-likeness (QED) is 0.881. The number of para-hydroxylation sites is 2. The van der Waals surface area contributed by atoms with Crippen molar-refractivity contribution in [2.75, 3.05) is 11.9 Å². The largest absolute Gasteiger partial charge is 0.486 e. The number of nitrogens with zero attached hydrogens (tertiary/aromatic N) is 2. The van der Waals surface area contributed by atoms with E-state index in [-0.39, 0.29) is 12.0 Å². The predicted molar refractivity (Wildman–Crippen MR) is 86.6 cm³/mol. The van der Waals surface area contributed by atoms with Crippen LogP contribution in [0.4, 0.5) is 5.69 Å². The highest BCUT2D eigenvalue weighted by Gasteiger charge is 2.21. The molecular formula is C17H19N3O3. The van der Waals surface area contributed by atoms with Crippen LogP contribution in [-0.2, 0) is 11.3 Å². The molecule has 1 unspecified atom stereocenters. The fourth-order valence-electron chi connectivity index (χ4n) is 2.33. The van der Waals surface area contributed by atoms with Crippen molar-refractivity contribution in [3.8, 4) is 11.5 Å². The molecule has 0 radical (unpaired) electrons. The number of carbonyl (C=O) groups is 1. The van der Waals surface area contributed by atoms with Crippen molar-refractivity contribution in [1.82, 2.24) is 9.78 Å². The van der Waals surface area contributed by atoms with Gasteiger partial charge in [-0.15, -0.1) is 0 Å². The molecule has 1 aromatic carbocycles. The molecule has 0 saturated carbocycles. The standard InChI is InChI=1S/C17H19N3O3/c1-12(2)7-17(21)19-13-8-18-20(9-13)10-14-11-22-15-5-3-4-6-16(15)23-14/h3-9,14H,10-11H2,1-2H3,(H,19,21). The number of amides is 1. The van der Waals surface area contributed by atoms with Gasteiger partial charge in [0.2, 0.25) is 5.91 Å². The normalized spacial score (nSPS) is 15.8. The number of nitrogens with one attached hydrogen (secondary N) is 1. The monoisotopic (exact) mass is 313 g/mol. The van der Waals surface area contributed by atoms with Gasteiger partial charge in [0.1, 0.15) is 6.61 Å². The molecule has 120 valence electrons. The zero-order valence-electron chi connectivity index (χ0n) is 13.2.